The molecule has 22 heavy (non-hydrogen) atoms. The van der Waals surface area contributed by atoms with E-state index >= 15 is 0 Å². The maximum absolute atomic E-state index is 13.2. The number of halogens is 1. The van der Waals surface area contributed by atoms with Gasteiger partial charge in [0.2, 0.25) is 0 Å². The van der Waals surface area contributed by atoms with Crippen LogP contribution in [0.25, 0.3) is 0 Å². The molecule has 1 unspecified atom stereocenters. The molecule has 1 heterocycles. The highest BCUT2D eigenvalue weighted by Gasteiger charge is 2.35. The Balaban J connectivity index is 1.91. The van der Waals surface area contributed by atoms with Gasteiger partial charge in [-0.05, 0) is 30.2 Å². The van der Waals surface area contributed by atoms with Crippen LogP contribution in [0.2, 0.25) is 0 Å². The van der Waals surface area contributed by atoms with Crippen molar-refractivity contribution >= 4 is 0 Å². The van der Waals surface area contributed by atoms with E-state index in [4.69, 9.17) is 4.74 Å². The summed E-state index contributed by atoms with van der Waals surface area (Å²) in [6, 6.07) is 16.3. The molecule has 0 bridgehead atoms. The molecule has 2 aromatic carbocycles. The Morgan fingerprint density at radius 1 is 1.14 bits per heavy atom. The topological polar surface area (TPSA) is 32.7 Å². The summed E-state index contributed by atoms with van der Waals surface area (Å²) in [5.74, 6) is -0.280. The Hall–Kier alpha value is -1.75. The molecule has 2 aromatic rings. The SMILES string of the molecule is CC(c1ccccc1)N1CCO[C@H](O)[C@H]1c1ccc(F)cc1. The molecule has 1 fully saturated rings. The lowest BCUT2D eigenvalue weighted by Crippen LogP contribution is -2.46. The average Bonchev–Trinajstić information content (AvgIpc) is 2.56. The van der Waals surface area contributed by atoms with Crippen molar-refractivity contribution in [1.82, 2.24) is 4.90 Å². The second-order valence-electron chi connectivity index (χ2n) is 5.58. The number of morpholine rings is 1. The third-order valence-electron chi connectivity index (χ3n) is 4.26. The molecular weight excluding hydrogens is 281 g/mol. The number of benzene rings is 2. The van der Waals surface area contributed by atoms with Crippen molar-refractivity contribution in [3.63, 3.8) is 0 Å². The standard InChI is InChI=1S/C18H20FNO2/c1-13(14-5-3-2-4-6-14)20-11-12-22-18(21)17(20)15-7-9-16(19)10-8-15/h2-10,13,17-18,21H,11-12H2,1H3/t13?,17-,18+/m1/s1. The fraction of sp³-hybridized carbons (Fsp3) is 0.333. The van der Waals surface area contributed by atoms with E-state index < -0.39 is 6.29 Å². The van der Waals surface area contributed by atoms with Crippen LogP contribution in [0.4, 0.5) is 4.39 Å². The van der Waals surface area contributed by atoms with Crippen LogP contribution < -0.4 is 0 Å². The first-order valence-corrected chi connectivity index (χ1v) is 7.52. The van der Waals surface area contributed by atoms with E-state index in [1.165, 1.54) is 17.7 Å². The number of hydrogen-bond acceptors (Lipinski definition) is 3. The molecule has 1 aliphatic heterocycles. The third kappa shape index (κ3) is 3.04. The van der Waals surface area contributed by atoms with Crippen LogP contribution in [0.3, 0.4) is 0 Å². The van der Waals surface area contributed by atoms with Crippen LogP contribution in [0.15, 0.2) is 54.6 Å². The molecular formula is C18H20FNO2. The number of rotatable bonds is 3. The Bertz CT molecular complexity index is 602. The fourth-order valence-electron chi connectivity index (χ4n) is 3.05. The van der Waals surface area contributed by atoms with Crippen molar-refractivity contribution < 1.29 is 14.2 Å². The van der Waals surface area contributed by atoms with E-state index in [2.05, 4.69) is 24.0 Å². The summed E-state index contributed by atoms with van der Waals surface area (Å²) in [5, 5.41) is 10.3. The van der Waals surface area contributed by atoms with Gasteiger partial charge in [-0.3, -0.25) is 4.90 Å². The molecule has 3 atom stereocenters. The summed E-state index contributed by atoms with van der Waals surface area (Å²) in [5.41, 5.74) is 2.04. The van der Waals surface area contributed by atoms with Crippen LogP contribution in [0.1, 0.15) is 30.1 Å². The highest BCUT2D eigenvalue weighted by molar-refractivity contribution is 5.24. The zero-order chi connectivity index (χ0) is 15.5. The van der Waals surface area contributed by atoms with Crippen molar-refractivity contribution in [1.29, 1.82) is 0 Å². The Labute approximate surface area is 130 Å². The van der Waals surface area contributed by atoms with Crippen molar-refractivity contribution in [3.05, 3.63) is 71.5 Å². The molecule has 0 spiro atoms. The van der Waals surface area contributed by atoms with Crippen molar-refractivity contribution in [2.24, 2.45) is 0 Å². The summed E-state index contributed by atoms with van der Waals surface area (Å²) in [4.78, 5) is 2.21. The number of aliphatic hydroxyl groups excluding tert-OH is 1. The quantitative estimate of drug-likeness (QED) is 0.944. The van der Waals surface area contributed by atoms with E-state index in [0.717, 1.165) is 12.1 Å². The van der Waals surface area contributed by atoms with E-state index in [0.29, 0.717) is 6.61 Å². The Morgan fingerprint density at radius 3 is 2.50 bits per heavy atom. The van der Waals surface area contributed by atoms with Gasteiger partial charge in [-0.1, -0.05) is 42.5 Å². The monoisotopic (exact) mass is 301 g/mol. The largest absolute Gasteiger partial charge is 0.366 e. The average molecular weight is 301 g/mol. The predicted octanol–water partition coefficient (Wildman–Crippen LogP) is 3.28. The van der Waals surface area contributed by atoms with Crippen LogP contribution >= 0.6 is 0 Å². The van der Waals surface area contributed by atoms with E-state index in [-0.39, 0.29) is 17.9 Å². The van der Waals surface area contributed by atoms with Crippen molar-refractivity contribution in [2.75, 3.05) is 13.2 Å². The first-order chi connectivity index (χ1) is 10.7. The molecule has 4 heteroatoms. The van der Waals surface area contributed by atoms with Gasteiger partial charge in [0, 0.05) is 12.6 Å². The molecule has 0 radical (unpaired) electrons. The fourth-order valence-corrected chi connectivity index (χ4v) is 3.05. The molecule has 0 aromatic heterocycles. The maximum atomic E-state index is 13.2. The normalized spacial score (nSPS) is 24.1. The number of aliphatic hydroxyl groups is 1. The van der Waals surface area contributed by atoms with Gasteiger partial charge in [-0.15, -0.1) is 0 Å². The Morgan fingerprint density at radius 2 is 1.82 bits per heavy atom. The molecule has 1 aliphatic rings. The van der Waals surface area contributed by atoms with Gasteiger partial charge >= 0.3 is 0 Å². The second-order valence-corrected chi connectivity index (χ2v) is 5.58. The predicted molar refractivity (Wildman–Crippen MR) is 82.7 cm³/mol. The first kappa shape index (κ1) is 15.2. The van der Waals surface area contributed by atoms with E-state index in [9.17, 15) is 9.50 Å². The summed E-state index contributed by atoms with van der Waals surface area (Å²) in [6.07, 6.45) is -0.912. The minimum atomic E-state index is -0.912. The minimum Gasteiger partial charge on any atom is -0.366 e. The van der Waals surface area contributed by atoms with Crippen LogP contribution in [0, 0.1) is 5.82 Å². The number of hydrogen-bond donors (Lipinski definition) is 1. The molecule has 3 nitrogen and oxygen atoms in total. The van der Waals surface area contributed by atoms with Gasteiger partial charge in [-0.2, -0.15) is 0 Å². The zero-order valence-corrected chi connectivity index (χ0v) is 12.5. The summed E-state index contributed by atoms with van der Waals surface area (Å²) >= 11 is 0. The van der Waals surface area contributed by atoms with Gasteiger partial charge in [0.1, 0.15) is 5.82 Å². The molecule has 3 rings (SSSR count). The maximum Gasteiger partial charge on any atom is 0.174 e. The van der Waals surface area contributed by atoms with Crippen LogP contribution in [-0.4, -0.2) is 29.4 Å². The second kappa shape index (κ2) is 6.57. The zero-order valence-electron chi connectivity index (χ0n) is 12.5. The van der Waals surface area contributed by atoms with Crippen molar-refractivity contribution in [3.8, 4) is 0 Å². The molecule has 0 amide bonds. The van der Waals surface area contributed by atoms with Gasteiger partial charge in [0.25, 0.3) is 0 Å². The highest BCUT2D eigenvalue weighted by atomic mass is 19.1. The lowest BCUT2D eigenvalue weighted by Gasteiger charge is -2.42. The van der Waals surface area contributed by atoms with Crippen LogP contribution in [-0.2, 0) is 4.74 Å². The summed E-state index contributed by atoms with van der Waals surface area (Å²) in [6.45, 7) is 3.31. The number of ether oxygens (including phenoxy) is 1. The van der Waals surface area contributed by atoms with E-state index in [1.54, 1.807) is 12.1 Å². The van der Waals surface area contributed by atoms with Crippen molar-refractivity contribution in [2.45, 2.75) is 25.3 Å². The van der Waals surface area contributed by atoms with Gasteiger partial charge in [-0.25, -0.2) is 4.39 Å². The lowest BCUT2D eigenvalue weighted by atomic mass is 9.98. The molecule has 1 saturated heterocycles. The molecule has 0 saturated carbocycles. The smallest absolute Gasteiger partial charge is 0.174 e. The Kier molecular flexibility index (Phi) is 4.52. The van der Waals surface area contributed by atoms with Gasteiger partial charge in [0.05, 0.1) is 12.6 Å². The first-order valence-electron chi connectivity index (χ1n) is 7.52. The molecule has 116 valence electrons. The van der Waals surface area contributed by atoms with Gasteiger partial charge < -0.3 is 9.84 Å². The molecule has 0 aliphatic carbocycles. The molecule has 1 N–H and O–H groups in total. The summed E-state index contributed by atoms with van der Waals surface area (Å²) < 4.78 is 18.6. The highest BCUT2D eigenvalue weighted by Crippen LogP contribution is 2.35. The van der Waals surface area contributed by atoms with Gasteiger partial charge in [0.15, 0.2) is 6.29 Å². The lowest BCUT2D eigenvalue weighted by molar-refractivity contribution is -0.189. The van der Waals surface area contributed by atoms with Crippen LogP contribution in [0.5, 0.6) is 0 Å². The third-order valence-corrected chi connectivity index (χ3v) is 4.26. The minimum absolute atomic E-state index is 0.134. The number of nitrogens with zero attached hydrogens (tertiary/aromatic N) is 1. The summed E-state index contributed by atoms with van der Waals surface area (Å²) in [7, 11) is 0. The van der Waals surface area contributed by atoms with E-state index in [1.807, 2.05) is 18.2 Å².